The van der Waals surface area contributed by atoms with Gasteiger partial charge in [-0.25, -0.2) is 4.98 Å². The minimum Gasteiger partial charge on any atom is -0.383 e. The highest BCUT2D eigenvalue weighted by Crippen LogP contribution is 2.15. The van der Waals surface area contributed by atoms with Crippen LogP contribution in [0.15, 0.2) is 35.3 Å². The third kappa shape index (κ3) is 3.62. The van der Waals surface area contributed by atoms with Gasteiger partial charge in [0, 0.05) is 19.5 Å². The maximum atomic E-state index is 12.0. The molecule has 0 aliphatic carbocycles. The number of nitrogens with zero attached hydrogens (tertiary/aromatic N) is 3. The molecule has 6 nitrogen and oxygen atoms in total. The molecule has 0 aliphatic heterocycles. The zero-order valence-electron chi connectivity index (χ0n) is 10.3. The molecule has 0 aliphatic rings. The number of nitrogens with one attached hydrogen (secondary N) is 1. The van der Waals surface area contributed by atoms with Gasteiger partial charge in [-0.3, -0.25) is 9.48 Å². The topological polar surface area (TPSA) is 69.0 Å². The molecule has 2 aromatic rings. The molecule has 0 radical (unpaired) electrons. The summed E-state index contributed by atoms with van der Waals surface area (Å²) in [5, 5.41) is 6.88. The normalized spacial score (nSPS) is 10.4. The molecule has 0 saturated carbocycles. The van der Waals surface area contributed by atoms with E-state index in [0.717, 1.165) is 0 Å². The Labute approximate surface area is 118 Å². The van der Waals surface area contributed by atoms with Crippen molar-refractivity contribution in [3.05, 3.63) is 40.9 Å². The van der Waals surface area contributed by atoms with Crippen LogP contribution >= 0.6 is 15.9 Å². The average Bonchev–Trinajstić information content (AvgIpc) is 2.84. The SMILES string of the molecule is COCCn1cc(NC(=O)c2cccnc2Br)cn1. The molecule has 2 aromatic heterocycles. The summed E-state index contributed by atoms with van der Waals surface area (Å²) in [5.41, 5.74) is 1.11. The summed E-state index contributed by atoms with van der Waals surface area (Å²) in [6.45, 7) is 1.21. The van der Waals surface area contributed by atoms with Gasteiger partial charge < -0.3 is 10.1 Å². The molecule has 2 rings (SSSR count). The molecular formula is C12H13BrN4O2. The number of aromatic nitrogens is 3. The Morgan fingerprint density at radius 3 is 3.16 bits per heavy atom. The van der Waals surface area contributed by atoms with Crippen LogP contribution in [0.1, 0.15) is 10.4 Å². The molecule has 19 heavy (non-hydrogen) atoms. The smallest absolute Gasteiger partial charge is 0.258 e. The second-order valence-electron chi connectivity index (χ2n) is 3.78. The number of halogens is 1. The van der Waals surface area contributed by atoms with Crippen molar-refractivity contribution >= 4 is 27.5 Å². The van der Waals surface area contributed by atoms with Crippen LogP contribution in [0.2, 0.25) is 0 Å². The third-order valence-corrected chi connectivity index (χ3v) is 3.05. The number of amides is 1. The van der Waals surface area contributed by atoms with E-state index < -0.39 is 0 Å². The maximum Gasteiger partial charge on any atom is 0.258 e. The van der Waals surface area contributed by atoms with Crippen LogP contribution < -0.4 is 5.32 Å². The first-order chi connectivity index (χ1) is 9.20. The zero-order chi connectivity index (χ0) is 13.7. The summed E-state index contributed by atoms with van der Waals surface area (Å²) in [5.74, 6) is -0.230. The Hall–Kier alpha value is -1.73. The summed E-state index contributed by atoms with van der Waals surface area (Å²) in [6.07, 6.45) is 4.96. The molecule has 2 heterocycles. The highest BCUT2D eigenvalue weighted by atomic mass is 79.9. The second-order valence-corrected chi connectivity index (χ2v) is 4.53. The van der Waals surface area contributed by atoms with Crippen molar-refractivity contribution in [2.75, 3.05) is 19.0 Å². The van der Waals surface area contributed by atoms with E-state index in [2.05, 4.69) is 31.3 Å². The van der Waals surface area contributed by atoms with Crippen LogP contribution in [0, 0.1) is 0 Å². The van der Waals surface area contributed by atoms with Gasteiger partial charge in [-0.1, -0.05) is 0 Å². The van der Waals surface area contributed by atoms with Crippen molar-refractivity contribution in [1.82, 2.24) is 14.8 Å². The summed E-state index contributed by atoms with van der Waals surface area (Å²) < 4.78 is 7.18. The van der Waals surface area contributed by atoms with E-state index in [9.17, 15) is 4.79 Å². The van der Waals surface area contributed by atoms with Crippen molar-refractivity contribution < 1.29 is 9.53 Å². The Bertz CT molecular complexity index is 570. The van der Waals surface area contributed by atoms with Gasteiger partial charge in [-0.2, -0.15) is 5.10 Å². The first-order valence-electron chi connectivity index (χ1n) is 5.64. The predicted molar refractivity (Wildman–Crippen MR) is 74.0 cm³/mol. The van der Waals surface area contributed by atoms with Crippen molar-refractivity contribution in [1.29, 1.82) is 0 Å². The lowest BCUT2D eigenvalue weighted by molar-refractivity contribution is 0.102. The predicted octanol–water partition coefficient (Wildman–Crippen LogP) is 1.94. The molecule has 0 aromatic carbocycles. The van der Waals surface area contributed by atoms with E-state index in [4.69, 9.17) is 4.74 Å². The van der Waals surface area contributed by atoms with Crippen LogP contribution in [-0.4, -0.2) is 34.4 Å². The quantitative estimate of drug-likeness (QED) is 0.853. The molecule has 100 valence electrons. The number of carbonyl (C=O) groups excluding carboxylic acids is 1. The molecule has 7 heteroatoms. The van der Waals surface area contributed by atoms with Crippen LogP contribution in [0.25, 0.3) is 0 Å². The van der Waals surface area contributed by atoms with Crippen molar-refractivity contribution in [3.8, 4) is 0 Å². The molecule has 0 fully saturated rings. The highest BCUT2D eigenvalue weighted by molar-refractivity contribution is 9.10. The number of anilines is 1. The van der Waals surface area contributed by atoms with Gasteiger partial charge in [0.25, 0.3) is 5.91 Å². The molecule has 0 bridgehead atoms. The van der Waals surface area contributed by atoms with E-state index in [1.165, 1.54) is 0 Å². The summed E-state index contributed by atoms with van der Waals surface area (Å²) >= 11 is 3.24. The number of rotatable bonds is 5. The zero-order valence-corrected chi connectivity index (χ0v) is 11.9. The lowest BCUT2D eigenvalue weighted by Gasteiger charge is -2.03. The summed E-state index contributed by atoms with van der Waals surface area (Å²) in [7, 11) is 1.63. The van der Waals surface area contributed by atoms with Crippen molar-refractivity contribution in [2.24, 2.45) is 0 Å². The molecular weight excluding hydrogens is 312 g/mol. The number of hydrogen-bond donors (Lipinski definition) is 1. The van der Waals surface area contributed by atoms with E-state index in [-0.39, 0.29) is 5.91 Å². The van der Waals surface area contributed by atoms with E-state index in [0.29, 0.717) is 29.0 Å². The third-order valence-electron chi connectivity index (χ3n) is 2.42. The van der Waals surface area contributed by atoms with E-state index in [1.807, 2.05) is 0 Å². The van der Waals surface area contributed by atoms with Crippen LogP contribution in [0.4, 0.5) is 5.69 Å². The molecule has 0 saturated heterocycles. The number of carbonyl (C=O) groups is 1. The molecule has 0 spiro atoms. The Balaban J connectivity index is 2.03. The Morgan fingerprint density at radius 1 is 1.58 bits per heavy atom. The maximum absolute atomic E-state index is 12.0. The fourth-order valence-electron chi connectivity index (χ4n) is 1.49. The van der Waals surface area contributed by atoms with E-state index in [1.54, 1.807) is 42.5 Å². The second kappa shape index (κ2) is 6.44. The monoisotopic (exact) mass is 324 g/mol. The highest BCUT2D eigenvalue weighted by Gasteiger charge is 2.11. The lowest BCUT2D eigenvalue weighted by Crippen LogP contribution is -2.12. The Kier molecular flexibility index (Phi) is 4.64. The fraction of sp³-hybridized carbons (Fsp3) is 0.250. The van der Waals surface area contributed by atoms with Gasteiger partial charge >= 0.3 is 0 Å². The van der Waals surface area contributed by atoms with Gasteiger partial charge in [0.05, 0.1) is 30.6 Å². The summed E-state index contributed by atoms with van der Waals surface area (Å²) in [4.78, 5) is 16.0. The van der Waals surface area contributed by atoms with Crippen LogP contribution in [0.5, 0.6) is 0 Å². The minimum atomic E-state index is -0.230. The first-order valence-corrected chi connectivity index (χ1v) is 6.43. The number of ether oxygens (including phenoxy) is 1. The minimum absolute atomic E-state index is 0.230. The van der Waals surface area contributed by atoms with E-state index >= 15 is 0 Å². The molecule has 1 N–H and O–H groups in total. The first kappa shape index (κ1) is 13.7. The van der Waals surface area contributed by atoms with Crippen molar-refractivity contribution in [2.45, 2.75) is 6.54 Å². The van der Waals surface area contributed by atoms with Crippen LogP contribution in [-0.2, 0) is 11.3 Å². The molecule has 0 atom stereocenters. The number of pyridine rings is 1. The lowest BCUT2D eigenvalue weighted by atomic mass is 10.2. The number of methoxy groups -OCH3 is 1. The average molecular weight is 325 g/mol. The molecule has 0 unspecified atom stereocenters. The van der Waals surface area contributed by atoms with Gasteiger partial charge in [-0.15, -0.1) is 0 Å². The van der Waals surface area contributed by atoms with Gasteiger partial charge in [0.1, 0.15) is 4.60 Å². The standard InChI is InChI=1S/C12H13BrN4O2/c1-19-6-5-17-8-9(7-15-17)16-12(18)10-3-2-4-14-11(10)13/h2-4,7-8H,5-6H2,1H3,(H,16,18). The Morgan fingerprint density at radius 2 is 2.42 bits per heavy atom. The van der Waals surface area contributed by atoms with Crippen molar-refractivity contribution in [3.63, 3.8) is 0 Å². The van der Waals surface area contributed by atoms with Crippen LogP contribution in [0.3, 0.4) is 0 Å². The number of hydrogen-bond acceptors (Lipinski definition) is 4. The summed E-state index contributed by atoms with van der Waals surface area (Å²) in [6, 6.07) is 3.41. The largest absolute Gasteiger partial charge is 0.383 e. The van der Waals surface area contributed by atoms with Gasteiger partial charge in [-0.05, 0) is 28.1 Å². The molecule has 1 amide bonds. The van der Waals surface area contributed by atoms with Gasteiger partial charge in [0.2, 0.25) is 0 Å². The van der Waals surface area contributed by atoms with Gasteiger partial charge in [0.15, 0.2) is 0 Å². The fourth-order valence-corrected chi connectivity index (χ4v) is 1.92.